The van der Waals surface area contributed by atoms with Gasteiger partial charge in [0.15, 0.2) is 0 Å². The summed E-state index contributed by atoms with van der Waals surface area (Å²) in [4.78, 5) is 4.21. The molecule has 0 N–H and O–H groups in total. The van der Waals surface area contributed by atoms with E-state index in [1.165, 1.54) is 5.56 Å². The van der Waals surface area contributed by atoms with Crippen LogP contribution >= 0.6 is 0 Å². The molecule has 2 aromatic heterocycles. The van der Waals surface area contributed by atoms with Gasteiger partial charge in [-0.3, -0.25) is 0 Å². The molecule has 0 bridgehead atoms. The zero-order chi connectivity index (χ0) is 7.68. The first kappa shape index (κ1) is 6.40. The normalized spacial score (nSPS) is 10.6. The summed E-state index contributed by atoms with van der Waals surface area (Å²) in [6, 6.07) is 4.05. The van der Waals surface area contributed by atoms with E-state index in [-0.39, 0.29) is 0 Å². The quantitative estimate of drug-likeness (QED) is 0.600. The lowest BCUT2D eigenvalue weighted by molar-refractivity contribution is 1.10. The van der Waals surface area contributed by atoms with Gasteiger partial charge in [0.2, 0.25) is 0 Å². The maximum atomic E-state index is 4.21. The molecule has 0 aromatic carbocycles. The summed E-state index contributed by atoms with van der Waals surface area (Å²) < 4.78 is 2.04. The number of rotatable bonds is 1. The van der Waals surface area contributed by atoms with Crippen molar-refractivity contribution in [2.45, 2.75) is 13.3 Å². The van der Waals surface area contributed by atoms with Crippen LogP contribution < -0.4 is 0 Å². The molecule has 0 atom stereocenters. The Morgan fingerprint density at radius 1 is 1.55 bits per heavy atom. The second-order valence-electron chi connectivity index (χ2n) is 2.59. The predicted molar refractivity (Wildman–Crippen MR) is 44.6 cm³/mol. The van der Waals surface area contributed by atoms with E-state index in [1.807, 2.05) is 22.9 Å². The van der Waals surface area contributed by atoms with E-state index in [4.69, 9.17) is 0 Å². The third-order valence-corrected chi connectivity index (χ3v) is 1.83. The molecule has 0 saturated heterocycles. The highest BCUT2D eigenvalue weighted by Crippen LogP contribution is 2.06. The molecule has 0 aliphatic rings. The van der Waals surface area contributed by atoms with E-state index >= 15 is 0 Å². The van der Waals surface area contributed by atoms with Gasteiger partial charge in [-0.15, -0.1) is 0 Å². The summed E-state index contributed by atoms with van der Waals surface area (Å²) >= 11 is 0. The Kier molecular flexibility index (Phi) is 1.39. The molecule has 2 heterocycles. The van der Waals surface area contributed by atoms with Crippen molar-refractivity contribution in [3.05, 3.63) is 36.3 Å². The van der Waals surface area contributed by atoms with Crippen molar-refractivity contribution >= 4 is 5.65 Å². The molecule has 0 radical (unpaired) electrons. The minimum atomic E-state index is 1.03. The molecule has 56 valence electrons. The minimum Gasteiger partial charge on any atom is -0.308 e. The van der Waals surface area contributed by atoms with Gasteiger partial charge in [0.25, 0.3) is 0 Å². The molecular weight excluding hydrogens is 136 g/mol. The van der Waals surface area contributed by atoms with Gasteiger partial charge in [-0.1, -0.05) is 6.92 Å². The van der Waals surface area contributed by atoms with Crippen LogP contribution in [0.25, 0.3) is 5.65 Å². The Hall–Kier alpha value is -1.31. The lowest BCUT2D eigenvalue weighted by atomic mass is 10.3. The fraction of sp³-hybridized carbons (Fsp3) is 0.222. The van der Waals surface area contributed by atoms with Crippen molar-refractivity contribution in [1.29, 1.82) is 0 Å². The summed E-state index contributed by atoms with van der Waals surface area (Å²) in [6.07, 6.45) is 7.02. The maximum absolute atomic E-state index is 4.21. The van der Waals surface area contributed by atoms with Gasteiger partial charge in [-0.2, -0.15) is 0 Å². The summed E-state index contributed by atoms with van der Waals surface area (Å²) in [5, 5.41) is 0. The van der Waals surface area contributed by atoms with E-state index in [0.29, 0.717) is 0 Å². The van der Waals surface area contributed by atoms with Gasteiger partial charge in [0.1, 0.15) is 5.65 Å². The molecule has 0 spiro atoms. The van der Waals surface area contributed by atoms with Crippen LogP contribution in [0, 0.1) is 0 Å². The second-order valence-corrected chi connectivity index (χ2v) is 2.59. The van der Waals surface area contributed by atoms with Crippen LogP contribution in [0.4, 0.5) is 0 Å². The summed E-state index contributed by atoms with van der Waals surface area (Å²) in [7, 11) is 0. The number of hydrogen-bond donors (Lipinski definition) is 0. The largest absolute Gasteiger partial charge is 0.308 e. The molecule has 2 heteroatoms. The lowest BCUT2D eigenvalue weighted by Crippen LogP contribution is -1.81. The van der Waals surface area contributed by atoms with E-state index in [2.05, 4.69) is 24.2 Å². The minimum absolute atomic E-state index is 1.03. The van der Waals surface area contributed by atoms with Crippen LogP contribution in [0.2, 0.25) is 0 Å². The number of nitrogens with zero attached hydrogens (tertiary/aromatic N) is 2. The van der Waals surface area contributed by atoms with Gasteiger partial charge in [0.05, 0.1) is 0 Å². The number of fused-ring (bicyclic) bond motifs is 1. The average molecular weight is 146 g/mol. The SMILES string of the molecule is CCc1cc2ncccn2c1. The van der Waals surface area contributed by atoms with E-state index < -0.39 is 0 Å². The molecule has 0 aliphatic heterocycles. The van der Waals surface area contributed by atoms with E-state index in [1.54, 1.807) is 0 Å². The van der Waals surface area contributed by atoms with Gasteiger partial charge in [-0.25, -0.2) is 4.98 Å². The Morgan fingerprint density at radius 3 is 3.18 bits per heavy atom. The average Bonchev–Trinajstić information content (AvgIpc) is 2.46. The Balaban J connectivity index is 2.69. The molecule has 0 saturated carbocycles. The smallest absolute Gasteiger partial charge is 0.136 e. The summed E-state index contributed by atoms with van der Waals surface area (Å²) in [5.41, 5.74) is 2.37. The van der Waals surface area contributed by atoms with Crippen molar-refractivity contribution in [2.24, 2.45) is 0 Å². The maximum Gasteiger partial charge on any atom is 0.136 e. The van der Waals surface area contributed by atoms with Crippen molar-refractivity contribution in [3.63, 3.8) is 0 Å². The van der Waals surface area contributed by atoms with Crippen molar-refractivity contribution in [1.82, 2.24) is 9.38 Å². The number of hydrogen-bond acceptors (Lipinski definition) is 1. The second kappa shape index (κ2) is 2.38. The van der Waals surface area contributed by atoms with Crippen LogP contribution in [0.15, 0.2) is 30.7 Å². The number of aromatic nitrogens is 2. The first-order chi connectivity index (χ1) is 5.40. The standard InChI is InChI=1S/C9H10N2/c1-2-8-6-9-10-4-3-5-11(9)7-8/h3-7H,2H2,1H3. The predicted octanol–water partition coefficient (Wildman–Crippen LogP) is 1.90. The third-order valence-electron chi connectivity index (χ3n) is 1.83. The Bertz CT molecular complexity index is 329. The monoisotopic (exact) mass is 146 g/mol. The molecule has 0 amide bonds. The molecule has 2 rings (SSSR count). The topological polar surface area (TPSA) is 17.3 Å². The third kappa shape index (κ3) is 1.00. The van der Waals surface area contributed by atoms with Crippen LogP contribution in [0.1, 0.15) is 12.5 Å². The molecule has 11 heavy (non-hydrogen) atoms. The van der Waals surface area contributed by atoms with Crippen LogP contribution in [-0.4, -0.2) is 9.38 Å². The first-order valence-electron chi connectivity index (χ1n) is 3.82. The Labute approximate surface area is 65.5 Å². The van der Waals surface area contributed by atoms with Crippen LogP contribution in [0.3, 0.4) is 0 Å². The van der Waals surface area contributed by atoms with Crippen LogP contribution in [-0.2, 0) is 6.42 Å². The van der Waals surface area contributed by atoms with Gasteiger partial charge < -0.3 is 4.40 Å². The van der Waals surface area contributed by atoms with Crippen molar-refractivity contribution in [3.8, 4) is 0 Å². The fourth-order valence-electron chi connectivity index (χ4n) is 1.19. The summed E-state index contributed by atoms with van der Waals surface area (Å²) in [5.74, 6) is 0. The Morgan fingerprint density at radius 2 is 2.45 bits per heavy atom. The first-order valence-corrected chi connectivity index (χ1v) is 3.82. The highest BCUT2D eigenvalue weighted by atomic mass is 14.9. The van der Waals surface area contributed by atoms with Crippen molar-refractivity contribution < 1.29 is 0 Å². The highest BCUT2D eigenvalue weighted by Gasteiger charge is 1.95. The van der Waals surface area contributed by atoms with Crippen molar-refractivity contribution in [2.75, 3.05) is 0 Å². The van der Waals surface area contributed by atoms with E-state index in [0.717, 1.165) is 12.1 Å². The molecule has 0 fully saturated rings. The van der Waals surface area contributed by atoms with Crippen LogP contribution in [0.5, 0.6) is 0 Å². The van der Waals surface area contributed by atoms with Gasteiger partial charge in [0, 0.05) is 18.6 Å². The lowest BCUT2D eigenvalue weighted by Gasteiger charge is -1.87. The molecule has 2 aromatic rings. The van der Waals surface area contributed by atoms with Gasteiger partial charge in [-0.05, 0) is 24.1 Å². The highest BCUT2D eigenvalue weighted by molar-refractivity contribution is 5.42. The molecule has 2 nitrogen and oxygen atoms in total. The molecule has 0 unspecified atom stereocenters. The van der Waals surface area contributed by atoms with E-state index in [9.17, 15) is 0 Å². The zero-order valence-electron chi connectivity index (χ0n) is 6.49. The summed E-state index contributed by atoms with van der Waals surface area (Å²) in [6.45, 7) is 2.15. The number of aryl methyl sites for hydroxylation is 1. The van der Waals surface area contributed by atoms with Gasteiger partial charge >= 0.3 is 0 Å². The zero-order valence-corrected chi connectivity index (χ0v) is 6.49. The molecule has 0 aliphatic carbocycles. The fourth-order valence-corrected chi connectivity index (χ4v) is 1.19. The molecular formula is C9H10N2.